The van der Waals surface area contributed by atoms with Crippen LogP contribution in [0.4, 0.5) is 0 Å². The van der Waals surface area contributed by atoms with Gasteiger partial charge in [-0.2, -0.15) is 0 Å². The zero-order chi connectivity index (χ0) is 22.3. The molecule has 0 amide bonds. The molecule has 0 radical (unpaired) electrons. The predicted molar refractivity (Wildman–Crippen MR) is 124 cm³/mol. The molecule has 31 heavy (non-hydrogen) atoms. The molecule has 0 spiro atoms. The Labute approximate surface area is 189 Å². The van der Waals surface area contributed by atoms with Gasteiger partial charge >= 0.3 is 0 Å². The van der Waals surface area contributed by atoms with Crippen LogP contribution in [0.5, 0.6) is 0 Å². The van der Waals surface area contributed by atoms with Gasteiger partial charge in [0, 0.05) is 5.41 Å². The summed E-state index contributed by atoms with van der Waals surface area (Å²) in [5, 5.41) is 32.1. The monoisotopic (exact) mass is 428 g/mol. The molecular formula is C28H44O3. The van der Waals surface area contributed by atoms with Crippen LogP contribution in [0.2, 0.25) is 0 Å². The zero-order valence-electron chi connectivity index (χ0n) is 20.3. The van der Waals surface area contributed by atoms with Crippen molar-refractivity contribution < 1.29 is 15.3 Å². The quantitative estimate of drug-likeness (QED) is 0.534. The molecule has 0 aliphatic heterocycles. The van der Waals surface area contributed by atoms with E-state index in [1.54, 1.807) is 16.7 Å². The number of hydrogen-bond donors (Lipinski definition) is 3. The van der Waals surface area contributed by atoms with Crippen molar-refractivity contribution >= 4 is 0 Å². The molecule has 3 N–H and O–H groups in total. The van der Waals surface area contributed by atoms with Gasteiger partial charge in [0.25, 0.3) is 0 Å². The Kier molecular flexibility index (Phi) is 5.13. The van der Waals surface area contributed by atoms with Gasteiger partial charge in [0.2, 0.25) is 0 Å². The molecule has 0 aromatic carbocycles. The minimum atomic E-state index is -0.832. The van der Waals surface area contributed by atoms with Crippen molar-refractivity contribution in [2.24, 2.45) is 45.8 Å². The standard InChI is InChI=1S/C28H44O3/c1-16-6-7-18-8-10-20-19(24(18)17(16)2)9-11-22-26(20,3)13-12-23-27(22,4)14-21(30)25(31)28(23,5)15-29/h9,16-17,20-23,25,29-31H,6-8,10-15H2,1-5H3/t16-,17+,20?,21-,22?,23?,25+,26+,27-,28+/m1/s1. The summed E-state index contributed by atoms with van der Waals surface area (Å²) < 4.78 is 0. The normalized spacial score (nSPS) is 54.3. The molecule has 2 saturated carbocycles. The molecular weight excluding hydrogens is 384 g/mol. The molecule has 174 valence electrons. The third kappa shape index (κ3) is 2.81. The molecule has 0 bridgehead atoms. The van der Waals surface area contributed by atoms with E-state index in [-0.39, 0.29) is 23.4 Å². The highest BCUT2D eigenvalue weighted by Gasteiger charge is 2.65. The topological polar surface area (TPSA) is 60.7 Å². The third-order valence-electron chi connectivity index (χ3n) is 11.6. The summed E-state index contributed by atoms with van der Waals surface area (Å²) in [6, 6.07) is 0. The van der Waals surface area contributed by atoms with Crippen molar-refractivity contribution in [2.75, 3.05) is 6.61 Å². The SMILES string of the molecule is C[C@@H]1CCC2=C(C3=CCC4[C@@](C)(CCC5[C@]4(C)C[C@@H](O)[C@H](O)[C@@]5(C)CO)C3CC2)[C@H]1C. The van der Waals surface area contributed by atoms with Crippen LogP contribution >= 0.6 is 0 Å². The molecule has 5 aliphatic carbocycles. The summed E-state index contributed by atoms with van der Waals surface area (Å²) in [7, 11) is 0. The van der Waals surface area contributed by atoms with Crippen LogP contribution in [0, 0.1) is 45.8 Å². The van der Waals surface area contributed by atoms with Crippen LogP contribution in [-0.4, -0.2) is 34.1 Å². The summed E-state index contributed by atoms with van der Waals surface area (Å²) in [4.78, 5) is 0. The van der Waals surface area contributed by atoms with Gasteiger partial charge in [-0.15, -0.1) is 0 Å². The maximum atomic E-state index is 10.9. The lowest BCUT2D eigenvalue weighted by Crippen LogP contribution is -2.65. The van der Waals surface area contributed by atoms with Crippen molar-refractivity contribution in [3.05, 3.63) is 22.8 Å². The minimum absolute atomic E-state index is 0.0503. The minimum Gasteiger partial charge on any atom is -0.396 e. The number of hydrogen-bond acceptors (Lipinski definition) is 3. The van der Waals surface area contributed by atoms with Gasteiger partial charge < -0.3 is 15.3 Å². The largest absolute Gasteiger partial charge is 0.396 e. The van der Waals surface area contributed by atoms with Gasteiger partial charge in [-0.25, -0.2) is 0 Å². The average Bonchev–Trinajstić information content (AvgIpc) is 2.74. The second-order valence-electron chi connectivity index (χ2n) is 12.8. The average molecular weight is 429 g/mol. The van der Waals surface area contributed by atoms with Gasteiger partial charge in [-0.3, -0.25) is 0 Å². The lowest BCUT2D eigenvalue weighted by atomic mass is 9.38. The van der Waals surface area contributed by atoms with Crippen LogP contribution in [0.25, 0.3) is 0 Å². The van der Waals surface area contributed by atoms with E-state index >= 15 is 0 Å². The smallest absolute Gasteiger partial charge is 0.0877 e. The summed E-state index contributed by atoms with van der Waals surface area (Å²) in [5.74, 6) is 2.83. The maximum Gasteiger partial charge on any atom is 0.0877 e. The van der Waals surface area contributed by atoms with E-state index < -0.39 is 17.6 Å². The number of aliphatic hydroxyl groups is 3. The van der Waals surface area contributed by atoms with Crippen molar-refractivity contribution in [1.29, 1.82) is 0 Å². The highest BCUT2D eigenvalue weighted by molar-refractivity contribution is 5.46. The fourth-order valence-electron chi connectivity index (χ4n) is 9.65. The Bertz CT molecular complexity index is 813. The number of allylic oxidation sites excluding steroid dienone is 4. The van der Waals surface area contributed by atoms with Crippen LogP contribution in [-0.2, 0) is 0 Å². The van der Waals surface area contributed by atoms with Crippen molar-refractivity contribution in [1.82, 2.24) is 0 Å². The number of fused-ring (bicyclic) bond motifs is 6. The fourth-order valence-corrected chi connectivity index (χ4v) is 9.65. The number of rotatable bonds is 1. The van der Waals surface area contributed by atoms with E-state index in [4.69, 9.17) is 0 Å². The lowest BCUT2D eigenvalue weighted by Gasteiger charge is -2.67. The third-order valence-corrected chi connectivity index (χ3v) is 11.6. The van der Waals surface area contributed by atoms with Crippen molar-refractivity contribution in [2.45, 2.75) is 98.2 Å². The van der Waals surface area contributed by atoms with E-state index in [0.717, 1.165) is 18.8 Å². The molecule has 3 unspecified atom stereocenters. The van der Waals surface area contributed by atoms with Crippen molar-refractivity contribution in [3.8, 4) is 0 Å². The van der Waals surface area contributed by atoms with Gasteiger partial charge in [0.05, 0.1) is 18.8 Å². The van der Waals surface area contributed by atoms with Crippen LogP contribution in [0.3, 0.4) is 0 Å². The fraction of sp³-hybridized carbons (Fsp3) is 0.857. The zero-order valence-corrected chi connectivity index (χ0v) is 20.3. The van der Waals surface area contributed by atoms with Crippen molar-refractivity contribution in [3.63, 3.8) is 0 Å². The first kappa shape index (κ1) is 22.2. The summed E-state index contributed by atoms with van der Waals surface area (Å²) in [5.41, 5.74) is 4.73. The molecule has 0 heterocycles. The first-order chi connectivity index (χ1) is 14.6. The Hall–Kier alpha value is -0.640. The summed E-state index contributed by atoms with van der Waals surface area (Å²) in [6.45, 7) is 11.8. The molecule has 0 aromatic rings. The lowest BCUT2D eigenvalue weighted by molar-refractivity contribution is -0.232. The molecule has 10 atom stereocenters. The molecule has 5 rings (SSSR count). The molecule has 0 saturated heterocycles. The Morgan fingerprint density at radius 1 is 0.968 bits per heavy atom. The van der Waals surface area contributed by atoms with Crippen LogP contribution < -0.4 is 0 Å². The first-order valence-corrected chi connectivity index (χ1v) is 13.0. The molecule has 0 aromatic heterocycles. The van der Waals surface area contributed by atoms with E-state index in [1.165, 1.54) is 32.1 Å². The Morgan fingerprint density at radius 3 is 2.39 bits per heavy atom. The number of aliphatic hydroxyl groups excluding tert-OH is 3. The second kappa shape index (κ2) is 7.18. The van der Waals surface area contributed by atoms with Crippen LogP contribution in [0.15, 0.2) is 22.8 Å². The van der Waals surface area contributed by atoms with Gasteiger partial charge in [-0.05, 0) is 103 Å². The van der Waals surface area contributed by atoms with E-state index in [0.29, 0.717) is 24.2 Å². The highest BCUT2D eigenvalue weighted by Crippen LogP contribution is 2.70. The summed E-state index contributed by atoms with van der Waals surface area (Å²) in [6.07, 6.45) is 10.2. The second-order valence-corrected chi connectivity index (χ2v) is 12.8. The summed E-state index contributed by atoms with van der Waals surface area (Å²) >= 11 is 0. The Balaban J connectivity index is 1.57. The van der Waals surface area contributed by atoms with Gasteiger partial charge in [0.1, 0.15) is 0 Å². The maximum absolute atomic E-state index is 10.9. The highest BCUT2D eigenvalue weighted by atomic mass is 16.3. The van der Waals surface area contributed by atoms with Gasteiger partial charge in [0.15, 0.2) is 0 Å². The molecule has 5 aliphatic rings. The van der Waals surface area contributed by atoms with Gasteiger partial charge in [-0.1, -0.05) is 46.3 Å². The van der Waals surface area contributed by atoms with E-state index in [2.05, 4.69) is 33.8 Å². The molecule has 3 nitrogen and oxygen atoms in total. The molecule has 2 fully saturated rings. The molecule has 3 heteroatoms. The van der Waals surface area contributed by atoms with E-state index in [1.807, 2.05) is 6.92 Å². The van der Waals surface area contributed by atoms with Crippen LogP contribution in [0.1, 0.15) is 86.0 Å². The van der Waals surface area contributed by atoms with E-state index in [9.17, 15) is 15.3 Å². The first-order valence-electron chi connectivity index (χ1n) is 13.0. The Morgan fingerprint density at radius 2 is 1.68 bits per heavy atom. The predicted octanol–water partition coefficient (Wildman–Crippen LogP) is 5.25.